The number of imide groups is 1. The van der Waals surface area contributed by atoms with Crippen molar-refractivity contribution < 1.29 is 33.3 Å². The van der Waals surface area contributed by atoms with Gasteiger partial charge in [0.15, 0.2) is 18.2 Å². The van der Waals surface area contributed by atoms with Gasteiger partial charge in [0.05, 0.1) is 32.5 Å². The quantitative estimate of drug-likeness (QED) is 0.403. The van der Waals surface area contributed by atoms with Crippen LogP contribution in [-0.4, -0.2) is 50.7 Å². The zero-order valence-corrected chi connectivity index (χ0v) is 16.1. The van der Waals surface area contributed by atoms with E-state index in [4.69, 9.17) is 18.9 Å². The van der Waals surface area contributed by atoms with Gasteiger partial charge in [0, 0.05) is 6.08 Å². The number of carbonyl (C=O) groups excluding carboxylic acids is 3. The molecule has 1 aliphatic rings. The Balaban J connectivity index is 1.67. The second kappa shape index (κ2) is 8.47. The van der Waals surface area contributed by atoms with Crippen molar-refractivity contribution in [3.63, 3.8) is 0 Å². The van der Waals surface area contributed by atoms with Crippen LogP contribution in [-0.2, 0) is 9.53 Å². The van der Waals surface area contributed by atoms with Crippen LogP contribution in [0.3, 0.4) is 0 Å². The summed E-state index contributed by atoms with van der Waals surface area (Å²) in [6.07, 6.45) is 2.67. The SMILES string of the molecule is COc1cc(/C=C/C(=O)OCN2C(=O)c3ccccc3C2=O)cc(OC)c1OC. The molecule has 0 spiro atoms. The number of rotatable bonds is 7. The highest BCUT2D eigenvalue weighted by molar-refractivity contribution is 6.21. The summed E-state index contributed by atoms with van der Waals surface area (Å²) in [5.41, 5.74) is 1.19. The summed E-state index contributed by atoms with van der Waals surface area (Å²) in [4.78, 5) is 37.4. The largest absolute Gasteiger partial charge is 0.493 e. The lowest BCUT2D eigenvalue weighted by Gasteiger charge is -2.13. The number of ether oxygens (including phenoxy) is 4. The second-order valence-corrected chi connectivity index (χ2v) is 5.97. The standard InChI is InChI=1S/C21H19NO7/c1-26-16-10-13(11-17(27-2)19(16)28-3)8-9-18(23)29-12-22-20(24)14-6-4-5-7-15(14)21(22)25/h4-11H,12H2,1-3H3/b9-8+. The minimum absolute atomic E-state index is 0.293. The van der Waals surface area contributed by atoms with Crippen LogP contribution in [0.4, 0.5) is 0 Å². The molecule has 2 aromatic carbocycles. The zero-order valence-electron chi connectivity index (χ0n) is 16.1. The number of hydrogen-bond acceptors (Lipinski definition) is 7. The van der Waals surface area contributed by atoms with Crippen molar-refractivity contribution in [2.45, 2.75) is 0 Å². The Hall–Kier alpha value is -3.81. The average Bonchev–Trinajstić information content (AvgIpc) is 2.99. The van der Waals surface area contributed by atoms with Gasteiger partial charge in [0.1, 0.15) is 0 Å². The number of hydrogen-bond donors (Lipinski definition) is 0. The molecule has 0 saturated carbocycles. The highest BCUT2D eigenvalue weighted by atomic mass is 16.5. The third kappa shape index (κ3) is 3.91. The molecule has 2 amide bonds. The van der Waals surface area contributed by atoms with E-state index in [2.05, 4.69) is 0 Å². The molecule has 0 aromatic heterocycles. The van der Waals surface area contributed by atoms with Gasteiger partial charge in [0.2, 0.25) is 5.75 Å². The first kappa shape index (κ1) is 19.9. The molecule has 3 rings (SSSR count). The van der Waals surface area contributed by atoms with Crippen LogP contribution in [0.1, 0.15) is 26.3 Å². The fraction of sp³-hybridized carbons (Fsp3) is 0.190. The number of fused-ring (bicyclic) bond motifs is 1. The van der Waals surface area contributed by atoms with E-state index >= 15 is 0 Å². The predicted molar refractivity (Wildman–Crippen MR) is 103 cm³/mol. The molecule has 0 fully saturated rings. The summed E-state index contributed by atoms with van der Waals surface area (Å²) in [5, 5.41) is 0. The fourth-order valence-electron chi connectivity index (χ4n) is 2.89. The predicted octanol–water partition coefficient (Wildman–Crippen LogP) is 2.52. The topological polar surface area (TPSA) is 91.4 Å². The first-order valence-corrected chi connectivity index (χ1v) is 8.60. The third-order valence-electron chi connectivity index (χ3n) is 4.31. The van der Waals surface area contributed by atoms with E-state index < -0.39 is 24.5 Å². The second-order valence-electron chi connectivity index (χ2n) is 5.97. The maximum Gasteiger partial charge on any atom is 0.332 e. The summed E-state index contributed by atoms with van der Waals surface area (Å²) < 4.78 is 20.8. The van der Waals surface area contributed by atoms with Gasteiger partial charge in [-0.1, -0.05) is 12.1 Å². The highest BCUT2D eigenvalue weighted by Crippen LogP contribution is 2.38. The Morgan fingerprint density at radius 2 is 1.48 bits per heavy atom. The number of esters is 1. The smallest absolute Gasteiger partial charge is 0.332 e. The number of nitrogens with zero attached hydrogens (tertiary/aromatic N) is 1. The van der Waals surface area contributed by atoms with Gasteiger partial charge >= 0.3 is 5.97 Å². The molecule has 150 valence electrons. The van der Waals surface area contributed by atoms with E-state index in [0.717, 1.165) is 4.90 Å². The molecule has 0 saturated heterocycles. The van der Waals surface area contributed by atoms with Gasteiger partial charge < -0.3 is 18.9 Å². The molecule has 1 heterocycles. The Labute approximate surface area is 167 Å². The van der Waals surface area contributed by atoms with Crippen molar-refractivity contribution in [3.8, 4) is 17.2 Å². The highest BCUT2D eigenvalue weighted by Gasteiger charge is 2.35. The molecule has 0 atom stereocenters. The number of methoxy groups -OCH3 is 3. The van der Waals surface area contributed by atoms with Crippen molar-refractivity contribution in [3.05, 3.63) is 59.2 Å². The zero-order chi connectivity index (χ0) is 21.0. The maximum atomic E-state index is 12.3. The van der Waals surface area contributed by atoms with Gasteiger partial charge in [-0.15, -0.1) is 0 Å². The van der Waals surface area contributed by atoms with E-state index in [0.29, 0.717) is 33.9 Å². The van der Waals surface area contributed by atoms with Crippen LogP contribution in [0.5, 0.6) is 17.2 Å². The minimum Gasteiger partial charge on any atom is -0.493 e. The molecule has 0 bridgehead atoms. The Kier molecular flexibility index (Phi) is 5.82. The molecule has 0 aliphatic carbocycles. The van der Waals surface area contributed by atoms with Crippen molar-refractivity contribution in [2.24, 2.45) is 0 Å². The lowest BCUT2D eigenvalue weighted by Crippen LogP contribution is -2.32. The molecular formula is C21H19NO7. The molecule has 1 aliphatic heterocycles. The van der Waals surface area contributed by atoms with Crippen molar-refractivity contribution in [1.29, 1.82) is 0 Å². The molecule has 0 N–H and O–H groups in total. The summed E-state index contributed by atoms with van der Waals surface area (Å²) in [5.74, 6) is -0.397. The van der Waals surface area contributed by atoms with E-state index in [1.807, 2.05) is 0 Å². The van der Waals surface area contributed by atoms with E-state index in [9.17, 15) is 14.4 Å². The Morgan fingerprint density at radius 3 is 1.97 bits per heavy atom. The molecule has 8 nitrogen and oxygen atoms in total. The minimum atomic E-state index is -0.713. The van der Waals surface area contributed by atoms with Crippen LogP contribution >= 0.6 is 0 Å². The summed E-state index contributed by atoms with van der Waals surface area (Å²) in [6.45, 7) is -0.467. The monoisotopic (exact) mass is 397 g/mol. The van der Waals surface area contributed by atoms with Crippen LogP contribution < -0.4 is 14.2 Å². The number of carbonyl (C=O) groups is 3. The van der Waals surface area contributed by atoms with Gasteiger partial charge in [-0.3, -0.25) is 9.59 Å². The van der Waals surface area contributed by atoms with Crippen molar-refractivity contribution in [1.82, 2.24) is 4.90 Å². The maximum absolute atomic E-state index is 12.3. The van der Waals surface area contributed by atoms with Gasteiger partial charge in [0.25, 0.3) is 11.8 Å². The van der Waals surface area contributed by atoms with Crippen LogP contribution in [0.25, 0.3) is 6.08 Å². The van der Waals surface area contributed by atoms with Crippen molar-refractivity contribution in [2.75, 3.05) is 28.1 Å². The third-order valence-corrected chi connectivity index (χ3v) is 4.31. The van der Waals surface area contributed by atoms with Crippen LogP contribution in [0.2, 0.25) is 0 Å². The Bertz CT molecular complexity index is 936. The first-order chi connectivity index (χ1) is 14.0. The molecule has 0 unspecified atom stereocenters. The van der Waals surface area contributed by atoms with Gasteiger partial charge in [-0.05, 0) is 35.9 Å². The average molecular weight is 397 g/mol. The fourth-order valence-corrected chi connectivity index (χ4v) is 2.89. The van der Waals surface area contributed by atoms with E-state index in [1.165, 1.54) is 33.5 Å². The molecule has 29 heavy (non-hydrogen) atoms. The molecular weight excluding hydrogens is 378 g/mol. The first-order valence-electron chi connectivity index (χ1n) is 8.60. The number of amides is 2. The normalized spacial score (nSPS) is 12.9. The van der Waals surface area contributed by atoms with E-state index in [1.54, 1.807) is 36.4 Å². The summed E-state index contributed by atoms with van der Waals surface area (Å²) in [6, 6.07) is 9.77. The van der Waals surface area contributed by atoms with Crippen LogP contribution in [0.15, 0.2) is 42.5 Å². The summed E-state index contributed by atoms with van der Waals surface area (Å²) >= 11 is 0. The summed E-state index contributed by atoms with van der Waals surface area (Å²) in [7, 11) is 4.47. The molecule has 8 heteroatoms. The Morgan fingerprint density at radius 1 is 0.931 bits per heavy atom. The molecule has 2 aromatic rings. The van der Waals surface area contributed by atoms with Gasteiger partial charge in [-0.2, -0.15) is 0 Å². The van der Waals surface area contributed by atoms with Crippen LogP contribution in [0, 0.1) is 0 Å². The van der Waals surface area contributed by atoms with Crippen molar-refractivity contribution >= 4 is 23.9 Å². The van der Waals surface area contributed by atoms with E-state index in [-0.39, 0.29) is 0 Å². The lowest BCUT2D eigenvalue weighted by atomic mass is 10.1. The van der Waals surface area contributed by atoms with Gasteiger partial charge in [-0.25, -0.2) is 9.69 Å². The lowest BCUT2D eigenvalue weighted by molar-refractivity contribution is -0.140. The number of benzene rings is 2. The molecule has 0 radical (unpaired) electrons.